The molecule has 3 aromatic carbocycles. The molecule has 0 unspecified atom stereocenters. The minimum atomic E-state index is -4.27. The van der Waals surface area contributed by atoms with Crippen LogP contribution in [0.5, 0.6) is 0 Å². The number of hydrogen-bond acceptors (Lipinski definition) is 8. The van der Waals surface area contributed by atoms with Crippen LogP contribution >= 0.6 is 11.8 Å². The first-order chi connectivity index (χ1) is 21.3. The van der Waals surface area contributed by atoms with Crippen molar-refractivity contribution in [3.05, 3.63) is 99.8 Å². The maximum absolute atomic E-state index is 11.8. The molecule has 0 fully saturated rings. The summed E-state index contributed by atoms with van der Waals surface area (Å²) in [6.45, 7) is 6.70. The molecule has 0 aliphatic carbocycles. The van der Waals surface area contributed by atoms with Crippen molar-refractivity contribution >= 4 is 54.7 Å². The van der Waals surface area contributed by atoms with Crippen molar-refractivity contribution < 1.29 is 81.7 Å². The topological polar surface area (TPSA) is 128 Å². The van der Waals surface area contributed by atoms with Gasteiger partial charge in [0.25, 0.3) is 10.1 Å². The molecule has 0 atom stereocenters. The second-order valence-corrected chi connectivity index (χ2v) is 15.4. The molecule has 0 bridgehead atoms. The monoisotopic (exact) mass is 705 g/mol. The van der Waals surface area contributed by atoms with E-state index in [-0.39, 0.29) is 64.2 Å². The largest absolute Gasteiger partial charge is 1.00 e. The van der Waals surface area contributed by atoms with Gasteiger partial charge in [0, 0.05) is 28.1 Å². The van der Waals surface area contributed by atoms with E-state index in [0.717, 1.165) is 43.3 Å². The van der Waals surface area contributed by atoms with E-state index < -0.39 is 31.7 Å². The Bertz CT molecular complexity index is 2000. The molecular weight excluding hydrogens is 670 g/mol. The minimum absolute atomic E-state index is 0. The fourth-order valence-electron chi connectivity index (χ4n) is 5.40. The van der Waals surface area contributed by atoms with Gasteiger partial charge >= 0.3 is 51.4 Å². The van der Waals surface area contributed by atoms with E-state index in [9.17, 15) is 25.9 Å². The zero-order chi connectivity index (χ0) is 32.4. The third kappa shape index (κ3) is 9.46. The molecule has 0 saturated heterocycles. The molecule has 238 valence electrons. The van der Waals surface area contributed by atoms with Crippen LogP contribution in [0.15, 0.2) is 86.7 Å². The van der Waals surface area contributed by atoms with Crippen molar-refractivity contribution in [3.63, 3.8) is 0 Å². The summed E-state index contributed by atoms with van der Waals surface area (Å²) in [6, 6.07) is 20.0. The predicted molar refractivity (Wildman–Crippen MR) is 181 cm³/mol. The molecule has 12 heteroatoms. The van der Waals surface area contributed by atoms with E-state index in [4.69, 9.17) is 4.42 Å². The number of benzene rings is 3. The number of aryl methyl sites for hydroxylation is 3. The zero-order valence-electron chi connectivity index (χ0n) is 26.4. The van der Waals surface area contributed by atoms with Crippen molar-refractivity contribution in [1.82, 2.24) is 0 Å². The molecule has 1 aliphatic heterocycles. The van der Waals surface area contributed by atoms with Crippen LogP contribution in [0.4, 0.5) is 5.69 Å². The van der Waals surface area contributed by atoms with E-state index in [1.807, 2.05) is 61.5 Å². The number of thioether (sulfide) groups is 1. The zero-order valence-corrected chi connectivity index (χ0v) is 32.0. The summed E-state index contributed by atoms with van der Waals surface area (Å²) in [5, 5.41) is 1.76. The van der Waals surface area contributed by atoms with Gasteiger partial charge in [-0.3, -0.25) is 4.55 Å². The van der Waals surface area contributed by atoms with Crippen molar-refractivity contribution in [3.8, 4) is 11.1 Å². The number of rotatable bonds is 12. The number of fused-ring (bicyclic) bond motifs is 2. The van der Waals surface area contributed by atoms with Crippen LogP contribution in [0, 0.1) is 13.8 Å². The molecule has 4 aromatic rings. The smallest absolute Gasteiger partial charge is 0.748 e. The van der Waals surface area contributed by atoms with Gasteiger partial charge in [0.05, 0.1) is 26.6 Å². The Kier molecular flexibility index (Phi) is 12.6. The number of unbranched alkanes of at least 4 members (excludes halogenated alkanes) is 1. The van der Waals surface area contributed by atoms with Crippen LogP contribution < -0.4 is 56.3 Å². The number of anilines is 1. The van der Waals surface area contributed by atoms with Gasteiger partial charge < -0.3 is 13.9 Å². The van der Waals surface area contributed by atoms with Gasteiger partial charge in [0.2, 0.25) is 0 Å². The first-order valence-corrected chi connectivity index (χ1v) is 18.8. The molecule has 0 spiro atoms. The third-order valence-electron chi connectivity index (χ3n) is 7.95. The van der Waals surface area contributed by atoms with Crippen LogP contribution in [0.25, 0.3) is 28.2 Å². The Morgan fingerprint density at radius 3 is 2.35 bits per heavy atom. The van der Waals surface area contributed by atoms with E-state index in [1.165, 1.54) is 5.56 Å². The Morgan fingerprint density at radius 1 is 0.957 bits per heavy atom. The molecule has 2 heterocycles. The van der Waals surface area contributed by atoms with Gasteiger partial charge in [-0.05, 0) is 104 Å². The average Bonchev–Trinajstić information content (AvgIpc) is 3.49. The quantitative estimate of drug-likeness (QED) is 0.127. The molecule has 5 rings (SSSR count). The summed E-state index contributed by atoms with van der Waals surface area (Å²) in [5.41, 5.74) is 7.63. The summed E-state index contributed by atoms with van der Waals surface area (Å²) in [6.07, 6.45) is 5.55. The molecule has 0 amide bonds. The van der Waals surface area contributed by atoms with Gasteiger partial charge in [-0.1, -0.05) is 55.1 Å². The van der Waals surface area contributed by atoms with Crippen molar-refractivity contribution in [1.29, 1.82) is 0 Å². The molecule has 46 heavy (non-hydrogen) atoms. The van der Waals surface area contributed by atoms with Crippen molar-refractivity contribution in [2.75, 3.05) is 23.0 Å². The minimum Gasteiger partial charge on any atom is -0.748 e. The Morgan fingerprint density at radius 2 is 1.67 bits per heavy atom. The normalized spacial score (nSPS) is 14.6. The summed E-state index contributed by atoms with van der Waals surface area (Å²) in [4.78, 5) is 3.26. The van der Waals surface area contributed by atoms with Crippen LogP contribution in [0.1, 0.15) is 48.6 Å². The van der Waals surface area contributed by atoms with Gasteiger partial charge in [0.1, 0.15) is 11.3 Å². The van der Waals surface area contributed by atoms with Gasteiger partial charge in [-0.25, -0.2) is 8.42 Å². The Hall–Kier alpha value is -1.71. The number of nitrogens with zero attached hydrogens (tertiary/aromatic N) is 1. The third-order valence-corrected chi connectivity index (χ3v) is 10.5. The number of allylic oxidation sites excluding steroid dienone is 2. The molecule has 1 aliphatic rings. The second-order valence-electron chi connectivity index (χ2n) is 11.2. The molecule has 1 aromatic heterocycles. The van der Waals surface area contributed by atoms with Crippen LogP contribution in [0.2, 0.25) is 0 Å². The fraction of sp³-hybridized carbons (Fsp3) is 0.294. The first kappa shape index (κ1) is 37.1. The summed E-state index contributed by atoms with van der Waals surface area (Å²) < 4.78 is 72.9. The van der Waals surface area contributed by atoms with E-state index >= 15 is 0 Å². The Balaban J connectivity index is 0.00000480. The summed E-state index contributed by atoms with van der Waals surface area (Å²) in [7, 11) is -8.48. The van der Waals surface area contributed by atoms with Crippen LogP contribution in [-0.2, 0) is 26.7 Å². The molecule has 0 radical (unpaired) electrons. The Labute approximate surface area is 318 Å². The maximum atomic E-state index is 11.8. The number of furan rings is 1. The summed E-state index contributed by atoms with van der Waals surface area (Å²) >= 11 is 1.63. The van der Waals surface area contributed by atoms with Gasteiger partial charge in [0.15, 0.2) is 0 Å². The molecular formula is C34H36KNO7S3. The molecule has 0 saturated carbocycles. The van der Waals surface area contributed by atoms with Crippen LogP contribution in [0.3, 0.4) is 0 Å². The molecule has 8 nitrogen and oxygen atoms in total. The van der Waals surface area contributed by atoms with E-state index in [0.29, 0.717) is 36.3 Å². The van der Waals surface area contributed by atoms with E-state index in [2.05, 4.69) is 37.0 Å². The molecule has 1 N–H and O–H groups in total. The SMILES string of the molecule is CCC(=C/c1oc2ccc(-c3ccccc3)cc2c1CCS(=O)(=O)O)/C=C1/Sc2cc(C)c(C)cc2N1CCCCS(=O)(=O)[O-].[K+]. The average molecular weight is 706 g/mol. The first-order valence-electron chi connectivity index (χ1n) is 14.8. The predicted octanol–water partition coefficient (Wildman–Crippen LogP) is 4.72. The summed E-state index contributed by atoms with van der Waals surface area (Å²) in [5.74, 6) is -0.291. The van der Waals surface area contributed by atoms with Crippen molar-refractivity contribution in [2.24, 2.45) is 0 Å². The number of hydrogen-bond donors (Lipinski definition) is 1. The van der Waals surface area contributed by atoms with Crippen LogP contribution in [-0.4, -0.2) is 44.0 Å². The maximum Gasteiger partial charge on any atom is 1.00 e. The van der Waals surface area contributed by atoms with Crippen molar-refractivity contribution in [2.45, 2.75) is 51.3 Å². The standard InChI is InChI=1S/C34H37NO7S3.K/c1-4-25(21-34-35(15-8-9-16-44(36,37)38)30-18-23(2)24(3)19-33(30)43-34)20-32-28(14-17-45(39,40)41)29-22-27(12-13-31(29)42-32)26-10-6-5-7-11-26;/h5-7,10-13,18-22H,4,8-9,14-17H2,1-3H3,(H,36,37,38)(H,39,40,41);/q;+1/p-1/b25-20-,34-21+;. The van der Waals surface area contributed by atoms with Gasteiger partial charge in [-0.2, -0.15) is 8.42 Å². The van der Waals surface area contributed by atoms with E-state index in [1.54, 1.807) is 11.8 Å². The fourth-order valence-corrected chi connectivity index (χ4v) is 7.66. The van der Waals surface area contributed by atoms with Gasteiger partial charge in [-0.15, -0.1) is 0 Å². The second kappa shape index (κ2) is 15.7.